The quantitative estimate of drug-likeness (QED) is 0.182. The molecule has 1 rings (SSSR count). The molecule has 8 nitrogen and oxygen atoms in total. The van der Waals surface area contributed by atoms with Crippen LogP contribution < -0.4 is 10.6 Å². The number of hydrogen-bond donors (Lipinski definition) is 2. The van der Waals surface area contributed by atoms with Crippen LogP contribution >= 0.6 is 0 Å². The van der Waals surface area contributed by atoms with Crippen LogP contribution in [0, 0.1) is 16.7 Å². The number of nitrogens with zero attached hydrogens (tertiary/aromatic N) is 1. The normalized spacial score (nSPS) is 16.9. The van der Waals surface area contributed by atoms with E-state index in [1.807, 2.05) is 0 Å². The molecule has 2 N–H and O–H groups in total. The molecule has 3 amide bonds. The first-order valence-electron chi connectivity index (χ1n) is 11.5. The molecular formula is C24H41N3O5. The van der Waals surface area contributed by atoms with Gasteiger partial charge in [0.15, 0.2) is 0 Å². The fourth-order valence-electron chi connectivity index (χ4n) is 3.38. The summed E-state index contributed by atoms with van der Waals surface area (Å²) in [5.41, 5.74) is 0.00834. The number of carbonyl (C=O) groups is 4. The van der Waals surface area contributed by atoms with Crippen molar-refractivity contribution in [3.63, 3.8) is 0 Å². The monoisotopic (exact) mass is 451 g/mol. The second-order valence-electron chi connectivity index (χ2n) is 10.1. The SMILES string of the molecule is C=CC(=O)OCCCNC(=O)CCCNCCN1C(=O)CC(CC(C)(C)C(C)(C)C)C1=O. The first-order valence-corrected chi connectivity index (χ1v) is 11.5. The zero-order valence-electron chi connectivity index (χ0n) is 20.4. The molecule has 1 aliphatic rings. The zero-order chi connectivity index (χ0) is 24.4. The van der Waals surface area contributed by atoms with E-state index in [1.54, 1.807) is 0 Å². The highest BCUT2D eigenvalue weighted by Gasteiger charge is 2.43. The predicted molar refractivity (Wildman–Crippen MR) is 124 cm³/mol. The van der Waals surface area contributed by atoms with Crippen LogP contribution in [0.1, 0.15) is 66.7 Å². The van der Waals surface area contributed by atoms with Gasteiger partial charge in [-0.05, 0) is 36.6 Å². The second kappa shape index (κ2) is 12.7. The molecule has 0 aromatic heterocycles. The molecule has 32 heavy (non-hydrogen) atoms. The van der Waals surface area contributed by atoms with E-state index in [2.05, 4.69) is 51.8 Å². The smallest absolute Gasteiger partial charge is 0.330 e. The van der Waals surface area contributed by atoms with Crippen LogP contribution in [-0.2, 0) is 23.9 Å². The van der Waals surface area contributed by atoms with Gasteiger partial charge in [-0.1, -0.05) is 41.2 Å². The van der Waals surface area contributed by atoms with Crippen LogP contribution in [0.4, 0.5) is 0 Å². The Morgan fingerprint density at radius 3 is 2.44 bits per heavy atom. The Labute approximate surface area is 192 Å². The van der Waals surface area contributed by atoms with Gasteiger partial charge in [0.1, 0.15) is 0 Å². The van der Waals surface area contributed by atoms with Gasteiger partial charge in [-0.3, -0.25) is 19.3 Å². The molecule has 0 bridgehead atoms. The molecule has 1 saturated heterocycles. The Balaban J connectivity index is 2.19. The lowest BCUT2D eigenvalue weighted by molar-refractivity contribution is -0.140. The summed E-state index contributed by atoms with van der Waals surface area (Å²) in [6.07, 6.45) is 3.69. The first kappa shape index (κ1) is 27.8. The summed E-state index contributed by atoms with van der Waals surface area (Å²) in [5.74, 6) is -0.919. The molecular weight excluding hydrogens is 410 g/mol. The second-order valence-corrected chi connectivity index (χ2v) is 10.1. The number of esters is 1. The third kappa shape index (κ3) is 9.10. The van der Waals surface area contributed by atoms with Gasteiger partial charge in [0, 0.05) is 44.5 Å². The summed E-state index contributed by atoms with van der Waals surface area (Å²) in [6, 6.07) is 0. The maximum Gasteiger partial charge on any atom is 0.330 e. The Bertz CT molecular complexity index is 682. The van der Waals surface area contributed by atoms with Gasteiger partial charge < -0.3 is 15.4 Å². The van der Waals surface area contributed by atoms with Gasteiger partial charge >= 0.3 is 5.97 Å². The Hall–Kier alpha value is -2.22. The maximum atomic E-state index is 12.7. The van der Waals surface area contributed by atoms with E-state index in [4.69, 9.17) is 4.74 Å². The van der Waals surface area contributed by atoms with E-state index < -0.39 is 5.97 Å². The Morgan fingerprint density at radius 1 is 1.12 bits per heavy atom. The fourth-order valence-corrected chi connectivity index (χ4v) is 3.38. The molecule has 0 aliphatic carbocycles. The highest BCUT2D eigenvalue weighted by molar-refractivity contribution is 6.03. The minimum Gasteiger partial charge on any atom is -0.462 e. The topological polar surface area (TPSA) is 105 Å². The summed E-state index contributed by atoms with van der Waals surface area (Å²) >= 11 is 0. The summed E-state index contributed by atoms with van der Waals surface area (Å²) in [5, 5.41) is 5.97. The van der Waals surface area contributed by atoms with Gasteiger partial charge in [-0.15, -0.1) is 0 Å². The summed E-state index contributed by atoms with van der Waals surface area (Å²) in [4.78, 5) is 49.1. The maximum absolute atomic E-state index is 12.7. The van der Waals surface area contributed by atoms with E-state index in [9.17, 15) is 19.2 Å². The molecule has 0 saturated carbocycles. The molecule has 0 radical (unpaired) electrons. The van der Waals surface area contributed by atoms with Crippen LogP contribution in [0.25, 0.3) is 0 Å². The predicted octanol–water partition coefficient (Wildman–Crippen LogP) is 2.43. The molecule has 1 aliphatic heterocycles. The largest absolute Gasteiger partial charge is 0.462 e. The van der Waals surface area contributed by atoms with Crippen molar-refractivity contribution >= 4 is 23.7 Å². The van der Waals surface area contributed by atoms with Crippen LogP contribution in [0.15, 0.2) is 12.7 Å². The number of ether oxygens (including phenoxy) is 1. The van der Waals surface area contributed by atoms with Crippen molar-refractivity contribution in [3.8, 4) is 0 Å². The first-order chi connectivity index (χ1) is 14.9. The number of nitrogens with one attached hydrogen (secondary N) is 2. The molecule has 182 valence electrons. The van der Waals surface area contributed by atoms with Crippen molar-refractivity contribution in [3.05, 3.63) is 12.7 Å². The molecule has 1 heterocycles. The number of carbonyl (C=O) groups excluding carboxylic acids is 4. The van der Waals surface area contributed by atoms with Crippen molar-refractivity contribution in [2.24, 2.45) is 16.7 Å². The summed E-state index contributed by atoms with van der Waals surface area (Å²) < 4.78 is 4.83. The third-order valence-electron chi connectivity index (χ3n) is 6.45. The van der Waals surface area contributed by atoms with Crippen molar-refractivity contribution in [1.82, 2.24) is 15.5 Å². The van der Waals surface area contributed by atoms with Gasteiger partial charge in [-0.2, -0.15) is 0 Å². The van der Waals surface area contributed by atoms with Crippen LogP contribution in [0.5, 0.6) is 0 Å². The lowest BCUT2D eigenvalue weighted by Crippen LogP contribution is -2.38. The van der Waals surface area contributed by atoms with Crippen molar-refractivity contribution in [1.29, 1.82) is 0 Å². The highest BCUT2D eigenvalue weighted by Crippen LogP contribution is 2.44. The standard InChI is InChI=1S/C24H41N3O5/c1-7-21(30)32-15-9-12-26-19(28)10-8-11-25-13-14-27-20(29)16-18(22(27)31)17-24(5,6)23(2,3)4/h7,18,25H,1,8-17H2,2-6H3,(H,26,28). The lowest BCUT2D eigenvalue weighted by atomic mass is 9.65. The van der Waals surface area contributed by atoms with Crippen molar-refractivity contribution in [2.45, 2.75) is 66.7 Å². The number of likely N-dealkylation sites (tertiary alicyclic amines) is 1. The van der Waals surface area contributed by atoms with E-state index in [1.165, 1.54) is 4.90 Å². The molecule has 1 atom stereocenters. The van der Waals surface area contributed by atoms with Gasteiger partial charge in [0.25, 0.3) is 0 Å². The number of amides is 3. The van der Waals surface area contributed by atoms with E-state index in [0.29, 0.717) is 58.3 Å². The molecule has 0 aromatic rings. The van der Waals surface area contributed by atoms with Crippen LogP contribution in [0.2, 0.25) is 0 Å². The molecule has 0 aromatic carbocycles. The molecule has 1 fully saturated rings. The number of hydrogen-bond acceptors (Lipinski definition) is 6. The van der Waals surface area contributed by atoms with Gasteiger partial charge in [0.2, 0.25) is 17.7 Å². The average Bonchev–Trinajstić information content (AvgIpc) is 2.95. The minimum absolute atomic E-state index is 0.0432. The van der Waals surface area contributed by atoms with Gasteiger partial charge in [0.05, 0.1) is 6.61 Å². The minimum atomic E-state index is -0.469. The fraction of sp³-hybridized carbons (Fsp3) is 0.750. The van der Waals surface area contributed by atoms with Crippen molar-refractivity contribution < 1.29 is 23.9 Å². The zero-order valence-corrected chi connectivity index (χ0v) is 20.4. The van der Waals surface area contributed by atoms with E-state index in [0.717, 1.165) is 6.08 Å². The van der Waals surface area contributed by atoms with E-state index in [-0.39, 0.29) is 41.1 Å². The van der Waals surface area contributed by atoms with Gasteiger partial charge in [-0.25, -0.2) is 4.79 Å². The molecule has 8 heteroatoms. The van der Waals surface area contributed by atoms with Crippen LogP contribution in [-0.4, -0.2) is 61.4 Å². The Kier molecular flexibility index (Phi) is 11.1. The molecule has 1 unspecified atom stereocenters. The van der Waals surface area contributed by atoms with Crippen molar-refractivity contribution in [2.75, 3.05) is 32.8 Å². The summed E-state index contributed by atoms with van der Waals surface area (Å²) in [7, 11) is 0. The van der Waals surface area contributed by atoms with E-state index >= 15 is 0 Å². The third-order valence-corrected chi connectivity index (χ3v) is 6.45. The average molecular weight is 452 g/mol. The highest BCUT2D eigenvalue weighted by atomic mass is 16.5. The Morgan fingerprint density at radius 2 is 1.81 bits per heavy atom. The lowest BCUT2D eigenvalue weighted by Gasteiger charge is -2.40. The van der Waals surface area contributed by atoms with Crippen LogP contribution in [0.3, 0.4) is 0 Å². The summed E-state index contributed by atoms with van der Waals surface area (Å²) in [6.45, 7) is 16.3. The molecule has 0 spiro atoms. The number of rotatable bonds is 14. The number of imide groups is 1.